The van der Waals surface area contributed by atoms with E-state index in [4.69, 9.17) is 0 Å². The first-order chi connectivity index (χ1) is 6.47. The Morgan fingerprint density at radius 3 is 2.36 bits per heavy atom. The first kappa shape index (κ1) is 11.9. The first-order valence-corrected chi connectivity index (χ1v) is 6.65. The first-order valence-electron chi connectivity index (χ1n) is 4.68. The van der Waals surface area contributed by atoms with Crippen molar-refractivity contribution in [1.82, 2.24) is 0 Å². The molecule has 3 heteroatoms. The van der Waals surface area contributed by atoms with E-state index >= 15 is 0 Å². The van der Waals surface area contributed by atoms with Crippen molar-refractivity contribution >= 4 is 29.3 Å². The smallest absolute Gasteiger partial charge is 0.179 e. The highest BCUT2D eigenvalue weighted by Crippen LogP contribution is 2.35. The zero-order valence-corrected chi connectivity index (χ0v) is 10.5. The molecule has 0 N–H and O–H groups in total. The maximum absolute atomic E-state index is 11.5. The molecule has 1 rings (SSSR count). The molecule has 1 saturated heterocycles. The monoisotopic (exact) mass is 228 g/mol. The molecular weight excluding hydrogens is 212 g/mol. The van der Waals surface area contributed by atoms with Gasteiger partial charge in [-0.2, -0.15) is 0 Å². The topological polar surface area (TPSA) is 17.1 Å². The van der Waals surface area contributed by atoms with E-state index in [0.29, 0.717) is 0 Å². The van der Waals surface area contributed by atoms with Gasteiger partial charge in [-0.15, -0.1) is 23.5 Å². The summed E-state index contributed by atoms with van der Waals surface area (Å²) >= 11 is 3.55. The normalized spacial score (nSPS) is 17.8. The van der Waals surface area contributed by atoms with Gasteiger partial charge in [-0.1, -0.05) is 26.8 Å². The lowest BCUT2D eigenvalue weighted by Crippen LogP contribution is -2.00. The number of ketones is 1. The Morgan fingerprint density at radius 1 is 1.29 bits per heavy atom. The molecule has 1 nitrogen and oxygen atoms in total. The van der Waals surface area contributed by atoms with Crippen LogP contribution in [0.5, 0.6) is 0 Å². The minimum absolute atomic E-state index is 0.0874. The zero-order valence-electron chi connectivity index (χ0n) is 8.87. The van der Waals surface area contributed by atoms with E-state index in [2.05, 4.69) is 20.8 Å². The van der Waals surface area contributed by atoms with Crippen LogP contribution in [0.15, 0.2) is 22.5 Å². The molecule has 14 heavy (non-hydrogen) atoms. The number of hydrogen-bond acceptors (Lipinski definition) is 3. The van der Waals surface area contributed by atoms with Gasteiger partial charge < -0.3 is 0 Å². The van der Waals surface area contributed by atoms with Crippen LogP contribution in [-0.4, -0.2) is 17.3 Å². The summed E-state index contributed by atoms with van der Waals surface area (Å²) in [6.45, 7) is 6.26. The summed E-state index contributed by atoms with van der Waals surface area (Å²) in [5.41, 5.74) is 0.0874. The van der Waals surface area contributed by atoms with Crippen LogP contribution in [0, 0.1) is 5.41 Å². The minimum Gasteiger partial charge on any atom is -0.290 e. The molecule has 1 heterocycles. The maximum Gasteiger partial charge on any atom is 0.179 e. The fourth-order valence-electron chi connectivity index (χ4n) is 0.906. The van der Waals surface area contributed by atoms with Gasteiger partial charge in [0.15, 0.2) is 5.78 Å². The Bertz CT molecular complexity index is 264. The number of carbonyl (C=O) groups is 1. The molecule has 0 aliphatic carbocycles. The van der Waals surface area contributed by atoms with Gasteiger partial charge in [0, 0.05) is 21.8 Å². The highest BCUT2D eigenvalue weighted by molar-refractivity contribution is 8.25. The number of hydrogen-bond donors (Lipinski definition) is 0. The third-order valence-electron chi connectivity index (χ3n) is 1.58. The predicted octanol–water partition coefficient (Wildman–Crippen LogP) is 3.48. The van der Waals surface area contributed by atoms with Crippen LogP contribution in [0.3, 0.4) is 0 Å². The van der Waals surface area contributed by atoms with Crippen molar-refractivity contribution in [2.75, 3.05) is 11.5 Å². The molecule has 1 aliphatic heterocycles. The van der Waals surface area contributed by atoms with Gasteiger partial charge in [-0.3, -0.25) is 4.79 Å². The van der Waals surface area contributed by atoms with E-state index < -0.39 is 0 Å². The second kappa shape index (κ2) is 5.08. The molecular formula is C11H16OS2. The largest absolute Gasteiger partial charge is 0.290 e. The van der Waals surface area contributed by atoms with E-state index in [0.717, 1.165) is 15.7 Å². The summed E-state index contributed by atoms with van der Waals surface area (Å²) in [7, 11) is 0. The van der Waals surface area contributed by atoms with E-state index in [9.17, 15) is 4.79 Å². The van der Waals surface area contributed by atoms with Crippen molar-refractivity contribution in [3.63, 3.8) is 0 Å². The summed E-state index contributed by atoms with van der Waals surface area (Å²) < 4.78 is 1.16. The third kappa shape index (κ3) is 4.91. The Kier molecular flexibility index (Phi) is 4.32. The highest BCUT2D eigenvalue weighted by atomic mass is 32.2. The van der Waals surface area contributed by atoms with Gasteiger partial charge in [0.1, 0.15) is 0 Å². The van der Waals surface area contributed by atoms with Crippen molar-refractivity contribution in [1.29, 1.82) is 0 Å². The van der Waals surface area contributed by atoms with E-state index in [1.54, 1.807) is 35.7 Å². The molecule has 1 fully saturated rings. The minimum atomic E-state index is 0.0874. The van der Waals surface area contributed by atoms with Gasteiger partial charge in [0.05, 0.1) is 0 Å². The molecule has 78 valence electrons. The Hall–Kier alpha value is -0.150. The average Bonchev–Trinajstić information content (AvgIpc) is 2.52. The SMILES string of the molecule is CC(C)(C)/C=C/C(=O)C=C1SCCS1. The molecule has 0 radical (unpaired) electrons. The van der Waals surface area contributed by atoms with Crippen molar-refractivity contribution < 1.29 is 4.79 Å². The Morgan fingerprint density at radius 2 is 1.86 bits per heavy atom. The van der Waals surface area contributed by atoms with Crippen LogP contribution < -0.4 is 0 Å². The lowest BCUT2D eigenvalue weighted by atomic mass is 9.96. The quantitative estimate of drug-likeness (QED) is 0.674. The fourth-order valence-corrected chi connectivity index (χ4v) is 3.21. The highest BCUT2D eigenvalue weighted by Gasteiger charge is 2.09. The second-order valence-corrected chi connectivity index (χ2v) is 6.79. The zero-order chi connectivity index (χ0) is 10.6. The van der Waals surface area contributed by atoms with Gasteiger partial charge in [-0.25, -0.2) is 0 Å². The van der Waals surface area contributed by atoms with E-state index in [1.807, 2.05) is 6.08 Å². The number of allylic oxidation sites excluding steroid dienone is 3. The van der Waals surface area contributed by atoms with Crippen molar-refractivity contribution in [2.45, 2.75) is 20.8 Å². The van der Waals surface area contributed by atoms with Gasteiger partial charge in [-0.05, 0) is 11.5 Å². The van der Waals surface area contributed by atoms with Crippen molar-refractivity contribution in [3.8, 4) is 0 Å². The molecule has 0 aromatic carbocycles. The van der Waals surface area contributed by atoms with Gasteiger partial charge in [0.2, 0.25) is 0 Å². The number of carbonyl (C=O) groups excluding carboxylic acids is 1. The molecule has 0 aromatic heterocycles. The van der Waals surface area contributed by atoms with Gasteiger partial charge in [0.25, 0.3) is 0 Å². The van der Waals surface area contributed by atoms with Crippen LogP contribution >= 0.6 is 23.5 Å². The van der Waals surface area contributed by atoms with Crippen molar-refractivity contribution in [3.05, 3.63) is 22.5 Å². The number of rotatable bonds is 2. The molecule has 0 amide bonds. The predicted molar refractivity (Wildman–Crippen MR) is 66.6 cm³/mol. The third-order valence-corrected chi connectivity index (χ3v) is 4.17. The average molecular weight is 228 g/mol. The van der Waals surface area contributed by atoms with Crippen molar-refractivity contribution in [2.24, 2.45) is 5.41 Å². The second-order valence-electron chi connectivity index (χ2n) is 4.26. The van der Waals surface area contributed by atoms with Crippen LogP contribution in [0.4, 0.5) is 0 Å². The van der Waals surface area contributed by atoms with E-state index in [1.165, 1.54) is 0 Å². The van der Waals surface area contributed by atoms with Crippen LogP contribution in [0.2, 0.25) is 0 Å². The fraction of sp³-hybridized carbons (Fsp3) is 0.545. The molecule has 0 saturated carbocycles. The summed E-state index contributed by atoms with van der Waals surface area (Å²) in [4.78, 5) is 11.5. The Balaban J connectivity index is 2.50. The maximum atomic E-state index is 11.5. The molecule has 0 spiro atoms. The van der Waals surface area contributed by atoms with Crippen LogP contribution in [-0.2, 0) is 4.79 Å². The summed E-state index contributed by atoms with van der Waals surface area (Å²) in [6, 6.07) is 0. The summed E-state index contributed by atoms with van der Waals surface area (Å²) in [6.07, 6.45) is 5.37. The van der Waals surface area contributed by atoms with Gasteiger partial charge >= 0.3 is 0 Å². The summed E-state index contributed by atoms with van der Waals surface area (Å²) in [5, 5.41) is 0. The lowest BCUT2D eigenvalue weighted by Gasteiger charge is -2.10. The molecule has 1 aliphatic rings. The van der Waals surface area contributed by atoms with Crippen LogP contribution in [0.25, 0.3) is 0 Å². The number of thioether (sulfide) groups is 2. The standard InChI is InChI=1S/C11H16OS2/c1-11(2,3)5-4-9(12)8-10-13-6-7-14-10/h4-5,8H,6-7H2,1-3H3/b5-4+. The molecule has 0 aromatic rings. The molecule has 0 unspecified atom stereocenters. The summed E-state index contributed by atoms with van der Waals surface area (Å²) in [5.74, 6) is 2.37. The lowest BCUT2D eigenvalue weighted by molar-refractivity contribution is -0.110. The molecule has 0 atom stereocenters. The Labute approximate surface area is 94.4 Å². The molecule has 0 bridgehead atoms. The van der Waals surface area contributed by atoms with Crippen LogP contribution in [0.1, 0.15) is 20.8 Å². The van der Waals surface area contributed by atoms with E-state index in [-0.39, 0.29) is 11.2 Å².